The average molecular weight is 380 g/mol. The van der Waals surface area contributed by atoms with Crippen LogP contribution in [0.25, 0.3) is 0 Å². The molecule has 1 aromatic carbocycles. The molecule has 27 heavy (non-hydrogen) atoms. The number of carbonyl (C=O) groups excluding carboxylic acids is 3. The van der Waals surface area contributed by atoms with Gasteiger partial charge in [0, 0.05) is 6.42 Å². The number of benzene rings is 1. The quantitative estimate of drug-likeness (QED) is 0.450. The summed E-state index contributed by atoms with van der Waals surface area (Å²) in [5.41, 5.74) is -0.274. The smallest absolute Gasteiger partial charge is 0.316 e. The van der Waals surface area contributed by atoms with Crippen molar-refractivity contribution in [2.45, 2.75) is 58.8 Å². The Hall–Kier alpha value is -2.24. The molecule has 2 unspecified atom stereocenters. The lowest BCUT2D eigenvalue weighted by Crippen LogP contribution is -2.37. The Morgan fingerprint density at radius 1 is 1.26 bits per heavy atom. The predicted octanol–water partition coefficient (Wildman–Crippen LogP) is 3.89. The molecule has 0 radical (unpaired) electrons. The van der Waals surface area contributed by atoms with E-state index in [-0.39, 0.29) is 38.1 Å². The van der Waals surface area contributed by atoms with E-state index in [2.05, 4.69) is 0 Å². The van der Waals surface area contributed by atoms with Crippen molar-refractivity contribution >= 4 is 17.7 Å². The highest BCUT2D eigenvalue weighted by Crippen LogP contribution is 2.42. The molecular weight excluding hydrogens is 351 g/mol. The molecule has 0 N–H and O–H groups in total. The van der Waals surface area contributed by atoms with Gasteiger partial charge in [-0.15, -0.1) is 0 Å². The van der Waals surface area contributed by atoms with E-state index in [0.29, 0.717) is 11.1 Å². The second-order valence-corrected chi connectivity index (χ2v) is 6.30. The van der Waals surface area contributed by atoms with E-state index in [0.717, 1.165) is 0 Å². The summed E-state index contributed by atoms with van der Waals surface area (Å²) in [5, 5.41) is 0. The Kier molecular flexibility index (Phi) is 8.60. The summed E-state index contributed by atoms with van der Waals surface area (Å²) in [7, 11) is 1.27. The molecule has 0 aromatic heterocycles. The second-order valence-electron chi connectivity index (χ2n) is 6.30. The molecule has 2 rings (SSSR count). The van der Waals surface area contributed by atoms with Crippen LogP contribution in [0.4, 0.5) is 4.39 Å². The zero-order chi connectivity index (χ0) is 20.6. The third-order valence-electron chi connectivity index (χ3n) is 4.98. The average Bonchev–Trinajstić information content (AvgIpc) is 2.85. The number of hydrogen-bond acceptors (Lipinski definition) is 5. The van der Waals surface area contributed by atoms with E-state index in [1.165, 1.54) is 19.2 Å². The number of methoxy groups -OCH3 is 1. The lowest BCUT2D eigenvalue weighted by atomic mass is 9.72. The van der Waals surface area contributed by atoms with Crippen molar-refractivity contribution < 1.29 is 28.2 Å². The minimum atomic E-state index is -1.14. The third-order valence-corrected chi connectivity index (χ3v) is 4.98. The van der Waals surface area contributed by atoms with Crippen LogP contribution in [-0.4, -0.2) is 31.4 Å². The van der Waals surface area contributed by atoms with Crippen LogP contribution in [0.15, 0.2) is 18.2 Å². The van der Waals surface area contributed by atoms with Crippen molar-refractivity contribution in [3.05, 3.63) is 35.1 Å². The van der Waals surface area contributed by atoms with Crippen molar-refractivity contribution in [3.63, 3.8) is 0 Å². The second kappa shape index (κ2) is 10.2. The Labute approximate surface area is 160 Å². The van der Waals surface area contributed by atoms with Crippen molar-refractivity contribution in [1.29, 1.82) is 0 Å². The van der Waals surface area contributed by atoms with Gasteiger partial charge in [-0.3, -0.25) is 14.4 Å². The first-order valence-corrected chi connectivity index (χ1v) is 9.40. The van der Waals surface area contributed by atoms with E-state index in [9.17, 15) is 18.8 Å². The topological polar surface area (TPSA) is 69.7 Å². The van der Waals surface area contributed by atoms with Crippen LogP contribution in [0.1, 0.15) is 57.6 Å². The highest BCUT2D eigenvalue weighted by molar-refractivity contribution is 6.00. The lowest BCUT2D eigenvalue weighted by molar-refractivity contribution is -0.152. The zero-order valence-corrected chi connectivity index (χ0v) is 16.8. The van der Waals surface area contributed by atoms with Crippen LogP contribution in [-0.2, 0) is 29.3 Å². The van der Waals surface area contributed by atoms with Gasteiger partial charge in [-0.05, 0) is 50.3 Å². The molecule has 5 nitrogen and oxygen atoms in total. The monoisotopic (exact) mass is 380 g/mol. The number of carbonyl (C=O) groups is 3. The third kappa shape index (κ3) is 4.73. The zero-order valence-electron chi connectivity index (χ0n) is 16.8. The summed E-state index contributed by atoms with van der Waals surface area (Å²) < 4.78 is 24.0. The van der Waals surface area contributed by atoms with E-state index >= 15 is 0 Å². The fourth-order valence-electron chi connectivity index (χ4n) is 3.58. The maximum absolute atomic E-state index is 14.1. The molecular formula is C21H29FO5. The number of halogens is 1. The van der Waals surface area contributed by atoms with Gasteiger partial charge in [0.25, 0.3) is 0 Å². The van der Waals surface area contributed by atoms with Crippen LogP contribution in [0.3, 0.4) is 0 Å². The number of Topliss-reactive ketones (excluding diaryl/α,β-unsaturated/α-hetero) is 1. The van der Waals surface area contributed by atoms with Crippen molar-refractivity contribution in [3.8, 4) is 0 Å². The SMILES string of the molecule is CC.CCOC(=O)C1CCC(C(=O)OC)(c2cccc(F)c2C)CCC1=O. The van der Waals surface area contributed by atoms with Gasteiger partial charge >= 0.3 is 11.9 Å². The normalized spacial score (nSPS) is 22.1. The van der Waals surface area contributed by atoms with Crippen molar-refractivity contribution in [2.75, 3.05) is 13.7 Å². The molecule has 0 aliphatic heterocycles. The van der Waals surface area contributed by atoms with E-state index < -0.39 is 29.1 Å². The molecule has 6 heteroatoms. The van der Waals surface area contributed by atoms with Gasteiger partial charge in [0.1, 0.15) is 17.5 Å². The number of rotatable bonds is 4. The highest BCUT2D eigenvalue weighted by atomic mass is 19.1. The van der Waals surface area contributed by atoms with Gasteiger partial charge in [0.2, 0.25) is 0 Å². The largest absolute Gasteiger partial charge is 0.468 e. The van der Waals surface area contributed by atoms with Gasteiger partial charge in [-0.2, -0.15) is 0 Å². The number of ketones is 1. The maximum Gasteiger partial charge on any atom is 0.316 e. The van der Waals surface area contributed by atoms with Gasteiger partial charge < -0.3 is 9.47 Å². The summed E-state index contributed by atoms with van der Waals surface area (Å²) in [6.45, 7) is 7.46. The molecule has 1 fully saturated rings. The highest BCUT2D eigenvalue weighted by Gasteiger charge is 2.47. The minimum absolute atomic E-state index is 0.0362. The molecule has 2 atom stereocenters. The standard InChI is InChI=1S/C19H23FO5.C2H6/c1-4-25-17(22)13-8-10-19(18(23)24-3,11-9-16(13)21)14-6-5-7-15(20)12(14)2;1-2/h5-7,13H,4,8-11H2,1-3H3;1-2H3. The van der Waals surface area contributed by atoms with Crippen LogP contribution in [0.5, 0.6) is 0 Å². The van der Waals surface area contributed by atoms with Crippen LogP contribution in [0, 0.1) is 18.7 Å². The molecule has 0 amide bonds. The molecule has 0 bridgehead atoms. The Bertz CT molecular complexity index is 685. The first-order valence-electron chi connectivity index (χ1n) is 9.40. The lowest BCUT2D eigenvalue weighted by Gasteiger charge is -2.31. The van der Waals surface area contributed by atoms with Crippen LogP contribution in [0.2, 0.25) is 0 Å². The van der Waals surface area contributed by atoms with Gasteiger partial charge in [0.15, 0.2) is 0 Å². The number of ether oxygens (including phenoxy) is 2. The van der Waals surface area contributed by atoms with Gasteiger partial charge in [0.05, 0.1) is 19.1 Å². The summed E-state index contributed by atoms with van der Waals surface area (Å²) in [4.78, 5) is 37.1. The summed E-state index contributed by atoms with van der Waals surface area (Å²) in [6.07, 6.45) is 0.606. The van der Waals surface area contributed by atoms with Crippen molar-refractivity contribution in [1.82, 2.24) is 0 Å². The molecule has 1 aromatic rings. The number of esters is 2. The summed E-state index contributed by atoms with van der Waals surface area (Å²) in [5.74, 6) is -2.64. The van der Waals surface area contributed by atoms with Crippen molar-refractivity contribution in [2.24, 2.45) is 5.92 Å². The Morgan fingerprint density at radius 2 is 1.93 bits per heavy atom. The fraction of sp³-hybridized carbons (Fsp3) is 0.571. The fourth-order valence-corrected chi connectivity index (χ4v) is 3.58. The van der Waals surface area contributed by atoms with E-state index in [1.54, 1.807) is 19.9 Å². The van der Waals surface area contributed by atoms with Gasteiger partial charge in [-0.1, -0.05) is 26.0 Å². The number of hydrogen-bond donors (Lipinski definition) is 0. The molecule has 0 heterocycles. The molecule has 1 saturated carbocycles. The van der Waals surface area contributed by atoms with Gasteiger partial charge in [-0.25, -0.2) is 4.39 Å². The maximum atomic E-state index is 14.1. The van der Waals surface area contributed by atoms with Crippen LogP contribution >= 0.6 is 0 Å². The van der Waals surface area contributed by atoms with E-state index in [4.69, 9.17) is 9.47 Å². The Balaban J connectivity index is 0.00000176. The molecule has 1 aliphatic rings. The Morgan fingerprint density at radius 3 is 2.52 bits per heavy atom. The minimum Gasteiger partial charge on any atom is -0.468 e. The predicted molar refractivity (Wildman–Crippen MR) is 99.8 cm³/mol. The van der Waals surface area contributed by atoms with E-state index in [1.807, 2.05) is 13.8 Å². The molecule has 0 saturated heterocycles. The first kappa shape index (κ1) is 22.8. The molecule has 150 valence electrons. The van der Waals surface area contributed by atoms with Crippen LogP contribution < -0.4 is 0 Å². The summed E-state index contributed by atoms with van der Waals surface area (Å²) >= 11 is 0. The molecule has 0 spiro atoms. The molecule has 1 aliphatic carbocycles. The summed E-state index contributed by atoms with van der Waals surface area (Å²) in [6, 6.07) is 4.55. The first-order chi connectivity index (χ1) is 12.9.